The van der Waals surface area contributed by atoms with Gasteiger partial charge >= 0.3 is 11.9 Å². The zero-order valence-corrected chi connectivity index (χ0v) is 20.0. The minimum Gasteiger partial charge on any atom is -0.467 e. The van der Waals surface area contributed by atoms with Gasteiger partial charge in [0.2, 0.25) is 16.3 Å². The summed E-state index contributed by atoms with van der Waals surface area (Å²) >= 11 is 6.04. The fourth-order valence-corrected chi connectivity index (χ4v) is 4.31. The number of anilines is 1. The van der Waals surface area contributed by atoms with Gasteiger partial charge in [-0.3, -0.25) is 0 Å². The van der Waals surface area contributed by atoms with Crippen molar-refractivity contribution in [1.29, 1.82) is 0 Å². The molecule has 1 aromatic carbocycles. The van der Waals surface area contributed by atoms with E-state index in [0.29, 0.717) is 5.76 Å². The van der Waals surface area contributed by atoms with E-state index in [1.165, 1.54) is 12.3 Å². The van der Waals surface area contributed by atoms with Gasteiger partial charge in [-0.2, -0.15) is 0 Å². The molecule has 0 aliphatic carbocycles. The van der Waals surface area contributed by atoms with Gasteiger partial charge in [-0.25, -0.2) is 23.1 Å². The molecule has 5 atom stereocenters. The smallest absolute Gasteiger partial charge is 0.342 e. The average Bonchev–Trinajstić information content (AvgIpc) is 3.34. The fourth-order valence-electron chi connectivity index (χ4n) is 3.21. The highest BCUT2D eigenvalue weighted by molar-refractivity contribution is 7.89. The largest absolute Gasteiger partial charge is 0.467 e. The third kappa shape index (κ3) is 6.22. The number of furan rings is 1. The number of halogens is 1. The molecule has 0 radical (unpaired) electrons. The number of ether oxygens (including phenoxy) is 3. The number of aliphatic hydroxyl groups is 3. The Bertz CT molecular complexity index is 1220. The molecular formula is C21H23ClN2O11S. The maximum Gasteiger partial charge on any atom is 0.342 e. The first-order chi connectivity index (χ1) is 16.9. The van der Waals surface area contributed by atoms with E-state index >= 15 is 0 Å². The summed E-state index contributed by atoms with van der Waals surface area (Å²) in [5.41, 5.74) is -0.390. The van der Waals surface area contributed by atoms with Crippen LogP contribution in [0.25, 0.3) is 0 Å². The van der Waals surface area contributed by atoms with Gasteiger partial charge in [0.15, 0.2) is 6.10 Å². The Labute approximate surface area is 210 Å². The van der Waals surface area contributed by atoms with E-state index in [0.717, 1.165) is 12.1 Å². The molecule has 0 spiro atoms. The first-order valence-electron chi connectivity index (χ1n) is 10.2. The average molecular weight is 547 g/mol. The van der Waals surface area contributed by atoms with Crippen molar-refractivity contribution in [3.8, 4) is 0 Å². The Morgan fingerprint density at radius 2 is 1.94 bits per heavy atom. The quantitative estimate of drug-likeness (QED) is 0.206. The van der Waals surface area contributed by atoms with Crippen molar-refractivity contribution in [1.82, 2.24) is 0 Å². The number of nitrogens with two attached hydrogens (primary N) is 1. The third-order valence-corrected chi connectivity index (χ3v) is 6.38. The number of primary sulfonamides is 1. The van der Waals surface area contributed by atoms with E-state index in [1.807, 2.05) is 0 Å². The summed E-state index contributed by atoms with van der Waals surface area (Å²) in [6.07, 6.45) is -6.94. The van der Waals surface area contributed by atoms with Crippen LogP contribution < -0.4 is 10.5 Å². The van der Waals surface area contributed by atoms with Crippen LogP contribution in [0.2, 0.25) is 5.02 Å². The Kier molecular flexibility index (Phi) is 8.73. The van der Waals surface area contributed by atoms with Crippen molar-refractivity contribution in [2.24, 2.45) is 5.14 Å². The van der Waals surface area contributed by atoms with Crippen molar-refractivity contribution in [2.75, 3.05) is 11.9 Å². The molecule has 0 bridgehead atoms. The second kappa shape index (κ2) is 11.4. The molecule has 3 rings (SSSR count). The molecule has 1 fully saturated rings. The molecule has 6 N–H and O–H groups in total. The summed E-state index contributed by atoms with van der Waals surface area (Å²) in [7, 11) is -4.36. The zero-order chi connectivity index (χ0) is 26.6. The van der Waals surface area contributed by atoms with Gasteiger partial charge in [-0.1, -0.05) is 24.3 Å². The standard InChI is InChI=1S/C21H23ClN2O11S/c1-2-5-33-20(29)18-16(26)15(25)17(27)21(34-18)35-19(28)11-7-14(36(23,30)31)12(22)8-13(11)24-9-10-4-3-6-32-10/h2-4,6-8,15-18,21,24-27H,1,5,9H2,(H2,23,30,31)/t15-,16-,17-,18?,21-/m0/s1. The van der Waals surface area contributed by atoms with E-state index in [1.54, 1.807) is 12.1 Å². The minimum absolute atomic E-state index is 0.00150. The van der Waals surface area contributed by atoms with Gasteiger partial charge < -0.3 is 39.3 Å². The summed E-state index contributed by atoms with van der Waals surface area (Å²) in [6.45, 7) is 3.19. The summed E-state index contributed by atoms with van der Waals surface area (Å²) in [6, 6.07) is 5.23. The van der Waals surface area contributed by atoms with E-state index in [2.05, 4.69) is 11.9 Å². The molecule has 2 heterocycles. The number of sulfonamides is 1. The molecule has 1 aliphatic rings. The molecule has 0 amide bonds. The van der Waals surface area contributed by atoms with Crippen molar-refractivity contribution >= 4 is 39.3 Å². The van der Waals surface area contributed by atoms with Crippen LogP contribution in [0.5, 0.6) is 0 Å². The van der Waals surface area contributed by atoms with Crippen molar-refractivity contribution in [3.63, 3.8) is 0 Å². The lowest BCUT2D eigenvalue weighted by molar-refractivity contribution is -0.279. The molecule has 1 aliphatic heterocycles. The van der Waals surface area contributed by atoms with Crippen LogP contribution in [0, 0.1) is 0 Å². The van der Waals surface area contributed by atoms with Crippen LogP contribution in [0.4, 0.5) is 5.69 Å². The molecule has 13 nitrogen and oxygen atoms in total. The van der Waals surface area contributed by atoms with Crippen molar-refractivity contribution in [3.05, 3.63) is 59.5 Å². The van der Waals surface area contributed by atoms with E-state index in [4.69, 9.17) is 35.4 Å². The minimum atomic E-state index is -4.36. The van der Waals surface area contributed by atoms with E-state index < -0.39 is 63.1 Å². The van der Waals surface area contributed by atoms with E-state index in [9.17, 15) is 33.3 Å². The summed E-state index contributed by atoms with van der Waals surface area (Å²) in [5, 5.41) is 38.2. The fraction of sp³-hybridized carbons (Fsp3) is 0.333. The molecule has 1 aromatic heterocycles. The first-order valence-corrected chi connectivity index (χ1v) is 12.2. The molecular weight excluding hydrogens is 524 g/mol. The molecule has 36 heavy (non-hydrogen) atoms. The number of carbonyl (C=O) groups is 2. The van der Waals surface area contributed by atoms with Crippen molar-refractivity contribution < 1.29 is 52.0 Å². The lowest BCUT2D eigenvalue weighted by atomic mass is 9.99. The summed E-state index contributed by atoms with van der Waals surface area (Å²) in [4.78, 5) is 24.6. The monoisotopic (exact) mass is 546 g/mol. The number of esters is 2. The van der Waals surface area contributed by atoms with Crippen LogP contribution in [-0.2, 0) is 35.6 Å². The highest BCUT2D eigenvalue weighted by Crippen LogP contribution is 2.31. The highest BCUT2D eigenvalue weighted by atomic mass is 35.5. The normalized spacial score (nSPS) is 24.1. The zero-order valence-electron chi connectivity index (χ0n) is 18.4. The van der Waals surface area contributed by atoms with Crippen LogP contribution in [-0.4, -0.2) is 73.0 Å². The molecule has 196 valence electrons. The lowest BCUT2D eigenvalue weighted by Crippen LogP contribution is -2.60. The van der Waals surface area contributed by atoms with Crippen molar-refractivity contribution in [2.45, 2.75) is 42.1 Å². The summed E-state index contributed by atoms with van der Waals surface area (Å²) < 4.78 is 44.2. The van der Waals surface area contributed by atoms with Gasteiger partial charge in [0.05, 0.1) is 29.1 Å². The number of rotatable bonds is 9. The topological polar surface area (TPSA) is 208 Å². The van der Waals surface area contributed by atoms with Gasteiger partial charge in [-0.05, 0) is 24.3 Å². The lowest BCUT2D eigenvalue weighted by Gasteiger charge is -2.38. The SMILES string of the molecule is C=CCOC(=O)C1O[C@@H](OC(=O)c2cc(S(N)(=O)=O)c(Cl)cc2NCc2ccco2)[C@@H](O)[C@@H](O)[C@@H]1O. The maximum atomic E-state index is 13.0. The number of nitrogens with one attached hydrogen (secondary N) is 1. The Morgan fingerprint density at radius 1 is 1.22 bits per heavy atom. The molecule has 15 heteroatoms. The molecule has 2 aromatic rings. The third-order valence-electron chi connectivity index (χ3n) is 5.00. The number of benzene rings is 1. The molecule has 1 saturated heterocycles. The maximum absolute atomic E-state index is 13.0. The van der Waals surface area contributed by atoms with Crippen LogP contribution >= 0.6 is 11.6 Å². The second-order valence-corrected chi connectivity index (χ2v) is 9.46. The number of hydrogen-bond acceptors (Lipinski definition) is 12. The first kappa shape index (κ1) is 27.6. The summed E-state index contributed by atoms with van der Waals surface area (Å²) in [5.74, 6) is -1.90. The van der Waals surface area contributed by atoms with Gasteiger partial charge in [-0.15, -0.1) is 0 Å². The Morgan fingerprint density at radius 3 is 2.56 bits per heavy atom. The molecule has 0 saturated carbocycles. The number of hydrogen-bond donors (Lipinski definition) is 5. The highest BCUT2D eigenvalue weighted by Gasteiger charge is 2.49. The Balaban J connectivity index is 1.90. The van der Waals surface area contributed by atoms with E-state index in [-0.39, 0.29) is 23.9 Å². The second-order valence-electron chi connectivity index (χ2n) is 7.53. The number of aliphatic hydroxyl groups excluding tert-OH is 3. The van der Waals surface area contributed by atoms with Gasteiger partial charge in [0.1, 0.15) is 35.6 Å². The van der Waals surface area contributed by atoms with Crippen LogP contribution in [0.3, 0.4) is 0 Å². The number of carbonyl (C=O) groups excluding carboxylic acids is 2. The van der Waals surface area contributed by atoms with Gasteiger partial charge in [0.25, 0.3) is 0 Å². The Hall–Kier alpha value is -2.98. The van der Waals surface area contributed by atoms with Crippen LogP contribution in [0.1, 0.15) is 16.1 Å². The predicted octanol–water partition coefficient (Wildman–Crippen LogP) is -0.114. The molecule has 1 unspecified atom stereocenters. The van der Waals surface area contributed by atoms with Gasteiger partial charge in [0, 0.05) is 0 Å². The van der Waals surface area contributed by atoms with Crippen LogP contribution in [0.15, 0.2) is 52.5 Å². The predicted molar refractivity (Wildman–Crippen MR) is 122 cm³/mol.